The van der Waals surface area contributed by atoms with Gasteiger partial charge in [0.05, 0.1) is 0 Å². The molecule has 100 valence electrons. The van der Waals surface area contributed by atoms with Crippen LogP contribution >= 0.6 is 11.6 Å². The van der Waals surface area contributed by atoms with Crippen molar-refractivity contribution < 1.29 is 0 Å². The Balaban J connectivity index is 1.82. The van der Waals surface area contributed by atoms with Crippen LogP contribution in [0.15, 0.2) is 12.7 Å². The van der Waals surface area contributed by atoms with Gasteiger partial charge in [0, 0.05) is 6.04 Å². The van der Waals surface area contributed by atoms with Gasteiger partial charge in [-0.15, -0.1) is 0 Å². The molecule has 0 amide bonds. The van der Waals surface area contributed by atoms with Crippen LogP contribution in [0.1, 0.15) is 26.2 Å². The van der Waals surface area contributed by atoms with Gasteiger partial charge in [0.2, 0.25) is 11.2 Å². The molecule has 1 fully saturated rings. The number of halogens is 1. The van der Waals surface area contributed by atoms with Crippen molar-refractivity contribution in [2.45, 2.75) is 32.2 Å². The van der Waals surface area contributed by atoms with Crippen LogP contribution in [0.4, 0.5) is 5.95 Å². The lowest BCUT2D eigenvalue weighted by Crippen LogP contribution is -2.18. The first-order chi connectivity index (χ1) is 9.20. The lowest BCUT2D eigenvalue weighted by molar-refractivity contribution is 0.601. The summed E-state index contributed by atoms with van der Waals surface area (Å²) in [7, 11) is 0. The van der Waals surface area contributed by atoms with Crippen LogP contribution in [0, 0.1) is 5.92 Å². The highest BCUT2D eigenvalue weighted by Gasteiger charge is 2.22. The van der Waals surface area contributed by atoms with Crippen molar-refractivity contribution in [1.82, 2.24) is 29.7 Å². The summed E-state index contributed by atoms with van der Waals surface area (Å²) in [4.78, 5) is 16.3. The van der Waals surface area contributed by atoms with Crippen molar-refractivity contribution in [3.63, 3.8) is 0 Å². The molecule has 1 N–H and O–H groups in total. The molecule has 1 saturated carbocycles. The van der Waals surface area contributed by atoms with Crippen molar-refractivity contribution in [2.75, 3.05) is 5.32 Å². The minimum absolute atomic E-state index is 0.147. The quantitative estimate of drug-likeness (QED) is 0.921. The SMILES string of the molecule is CC1CCC(Nc2nc(Cl)nc(-n3cncn3)n2)C1. The Labute approximate surface area is 115 Å². The van der Waals surface area contributed by atoms with E-state index >= 15 is 0 Å². The number of rotatable bonds is 3. The second-order valence-corrected chi connectivity index (χ2v) is 5.17. The molecule has 7 nitrogen and oxygen atoms in total. The van der Waals surface area contributed by atoms with E-state index in [9.17, 15) is 0 Å². The van der Waals surface area contributed by atoms with Crippen LogP contribution in [0.25, 0.3) is 5.95 Å². The van der Waals surface area contributed by atoms with Crippen LogP contribution in [0.3, 0.4) is 0 Å². The minimum Gasteiger partial charge on any atom is -0.351 e. The van der Waals surface area contributed by atoms with E-state index in [1.165, 1.54) is 23.8 Å². The van der Waals surface area contributed by atoms with Crippen LogP contribution in [0.2, 0.25) is 5.28 Å². The average molecular weight is 280 g/mol. The molecule has 3 rings (SSSR count). The van der Waals surface area contributed by atoms with Gasteiger partial charge in [0.1, 0.15) is 12.7 Å². The normalized spacial score (nSPS) is 22.6. The van der Waals surface area contributed by atoms with Crippen LogP contribution in [0.5, 0.6) is 0 Å². The van der Waals surface area contributed by atoms with E-state index < -0.39 is 0 Å². The molecule has 1 aliphatic carbocycles. The van der Waals surface area contributed by atoms with Gasteiger partial charge < -0.3 is 5.32 Å². The highest BCUT2D eigenvalue weighted by molar-refractivity contribution is 6.28. The van der Waals surface area contributed by atoms with Crippen molar-refractivity contribution in [2.24, 2.45) is 5.92 Å². The number of hydrogen-bond acceptors (Lipinski definition) is 6. The van der Waals surface area contributed by atoms with Gasteiger partial charge in [-0.1, -0.05) is 6.92 Å². The Morgan fingerprint density at radius 1 is 1.32 bits per heavy atom. The molecule has 0 saturated heterocycles. The van der Waals surface area contributed by atoms with Crippen molar-refractivity contribution in [3.8, 4) is 5.95 Å². The third-order valence-electron chi connectivity index (χ3n) is 3.25. The fraction of sp³-hybridized carbons (Fsp3) is 0.545. The van der Waals surface area contributed by atoms with Gasteiger partial charge in [0.25, 0.3) is 5.95 Å². The zero-order valence-electron chi connectivity index (χ0n) is 10.5. The number of anilines is 1. The molecule has 1 aliphatic rings. The van der Waals surface area contributed by atoms with Crippen LogP contribution in [-0.4, -0.2) is 35.8 Å². The highest BCUT2D eigenvalue weighted by Crippen LogP contribution is 2.26. The van der Waals surface area contributed by atoms with E-state index in [4.69, 9.17) is 11.6 Å². The summed E-state index contributed by atoms with van der Waals surface area (Å²) in [5.74, 6) is 1.60. The van der Waals surface area contributed by atoms with E-state index in [2.05, 4.69) is 37.3 Å². The third kappa shape index (κ3) is 2.81. The second-order valence-electron chi connectivity index (χ2n) is 4.83. The molecule has 0 radical (unpaired) electrons. The first kappa shape index (κ1) is 12.3. The summed E-state index contributed by atoms with van der Waals surface area (Å²) in [6.07, 6.45) is 6.42. The Bertz CT molecular complexity index is 556. The fourth-order valence-corrected chi connectivity index (χ4v) is 2.49. The molecule has 0 bridgehead atoms. The molecule has 0 spiro atoms. The van der Waals surface area contributed by atoms with E-state index in [1.54, 1.807) is 0 Å². The number of hydrogen-bond donors (Lipinski definition) is 1. The van der Waals surface area contributed by atoms with Crippen LogP contribution < -0.4 is 5.32 Å². The second kappa shape index (κ2) is 5.08. The largest absolute Gasteiger partial charge is 0.351 e. The van der Waals surface area contributed by atoms with Gasteiger partial charge in [-0.3, -0.25) is 0 Å². The molecule has 2 aromatic heterocycles. The molecular weight excluding hydrogens is 266 g/mol. The molecule has 2 unspecified atom stereocenters. The first-order valence-corrected chi connectivity index (χ1v) is 6.61. The molecule has 19 heavy (non-hydrogen) atoms. The van der Waals surface area contributed by atoms with E-state index in [0.717, 1.165) is 18.8 Å². The maximum Gasteiger partial charge on any atom is 0.258 e. The summed E-state index contributed by atoms with van der Waals surface area (Å²) in [6.45, 7) is 2.25. The Hall–Kier alpha value is -1.76. The lowest BCUT2D eigenvalue weighted by atomic mass is 10.1. The maximum atomic E-state index is 5.92. The zero-order valence-corrected chi connectivity index (χ0v) is 11.2. The molecule has 0 aromatic carbocycles. The molecular formula is C11H14ClN7. The topological polar surface area (TPSA) is 81.4 Å². The summed E-state index contributed by atoms with van der Waals surface area (Å²) in [6, 6.07) is 0.400. The van der Waals surface area contributed by atoms with Gasteiger partial charge in [-0.2, -0.15) is 24.7 Å². The predicted molar refractivity (Wildman–Crippen MR) is 70.2 cm³/mol. The summed E-state index contributed by atoms with van der Waals surface area (Å²) in [5, 5.41) is 7.43. The standard InChI is InChI=1S/C11H14ClN7/c1-7-2-3-8(4-7)15-10-16-9(12)17-11(18-10)19-6-13-5-14-19/h5-8H,2-4H2,1H3,(H,15,16,17,18). The predicted octanol–water partition coefficient (Wildman–Crippen LogP) is 1.71. The number of nitrogens with one attached hydrogen (secondary N) is 1. The van der Waals surface area contributed by atoms with Crippen molar-refractivity contribution in [3.05, 3.63) is 17.9 Å². The minimum atomic E-state index is 0.147. The van der Waals surface area contributed by atoms with Crippen LogP contribution in [-0.2, 0) is 0 Å². The Kier molecular flexibility index (Phi) is 3.29. The number of aromatic nitrogens is 6. The van der Waals surface area contributed by atoms with Crippen molar-refractivity contribution >= 4 is 17.5 Å². The van der Waals surface area contributed by atoms with E-state index in [0.29, 0.717) is 17.9 Å². The van der Waals surface area contributed by atoms with Gasteiger partial charge >= 0.3 is 0 Å². The molecule has 0 aliphatic heterocycles. The van der Waals surface area contributed by atoms with E-state index in [1.807, 2.05) is 0 Å². The average Bonchev–Trinajstić information content (AvgIpc) is 3.00. The smallest absolute Gasteiger partial charge is 0.258 e. The summed E-state index contributed by atoms with van der Waals surface area (Å²) >= 11 is 5.92. The molecule has 8 heteroatoms. The molecule has 2 heterocycles. The van der Waals surface area contributed by atoms with Gasteiger partial charge in [-0.05, 0) is 36.8 Å². The fourth-order valence-electron chi connectivity index (χ4n) is 2.34. The van der Waals surface area contributed by atoms with Gasteiger partial charge in [0.15, 0.2) is 0 Å². The maximum absolute atomic E-state index is 5.92. The van der Waals surface area contributed by atoms with Crippen molar-refractivity contribution in [1.29, 1.82) is 0 Å². The molecule has 2 aromatic rings. The summed E-state index contributed by atoms with van der Waals surface area (Å²) in [5.41, 5.74) is 0. The van der Waals surface area contributed by atoms with E-state index in [-0.39, 0.29) is 5.28 Å². The number of nitrogens with zero attached hydrogens (tertiary/aromatic N) is 6. The molecule has 2 atom stereocenters. The Morgan fingerprint density at radius 2 is 2.21 bits per heavy atom. The highest BCUT2D eigenvalue weighted by atomic mass is 35.5. The monoisotopic (exact) mass is 279 g/mol. The summed E-state index contributed by atoms with van der Waals surface area (Å²) < 4.78 is 1.45. The lowest BCUT2D eigenvalue weighted by Gasteiger charge is -2.12. The van der Waals surface area contributed by atoms with Gasteiger partial charge in [-0.25, -0.2) is 4.98 Å². The third-order valence-corrected chi connectivity index (χ3v) is 3.42. The zero-order chi connectivity index (χ0) is 13.2. The Morgan fingerprint density at radius 3 is 2.89 bits per heavy atom. The first-order valence-electron chi connectivity index (χ1n) is 6.24.